The van der Waals surface area contributed by atoms with Crippen molar-refractivity contribution >= 4 is 33.4 Å². The lowest BCUT2D eigenvalue weighted by atomic mass is 10.2. The van der Waals surface area contributed by atoms with E-state index in [4.69, 9.17) is 9.47 Å². The standard InChI is InChI=1S/C19H18N2O4S/c1-12-7-8-15-16(9-12)26-19(21(15)11-17(22)25-3)20-18(23)13-5-4-6-14(10-13)24-2/h4-10H,11H2,1-3H3. The molecule has 0 spiro atoms. The van der Waals surface area contributed by atoms with Gasteiger partial charge in [0.25, 0.3) is 5.91 Å². The van der Waals surface area contributed by atoms with Gasteiger partial charge in [0.2, 0.25) is 0 Å². The van der Waals surface area contributed by atoms with Gasteiger partial charge in [0, 0.05) is 5.56 Å². The fourth-order valence-corrected chi connectivity index (χ4v) is 3.65. The normalized spacial score (nSPS) is 11.6. The number of hydrogen-bond acceptors (Lipinski definition) is 5. The largest absolute Gasteiger partial charge is 0.497 e. The van der Waals surface area contributed by atoms with Crippen LogP contribution in [0.15, 0.2) is 47.5 Å². The van der Waals surface area contributed by atoms with Gasteiger partial charge >= 0.3 is 5.97 Å². The van der Waals surface area contributed by atoms with Gasteiger partial charge in [-0.25, -0.2) is 0 Å². The maximum atomic E-state index is 12.6. The topological polar surface area (TPSA) is 69.9 Å². The number of rotatable bonds is 4. The van der Waals surface area contributed by atoms with Crippen LogP contribution in [0, 0.1) is 6.92 Å². The zero-order chi connectivity index (χ0) is 18.7. The van der Waals surface area contributed by atoms with Gasteiger partial charge in [-0.05, 0) is 42.8 Å². The number of aryl methyl sites for hydroxylation is 1. The third-order valence-electron chi connectivity index (χ3n) is 3.87. The summed E-state index contributed by atoms with van der Waals surface area (Å²) in [6.07, 6.45) is 0. The predicted molar refractivity (Wildman–Crippen MR) is 99.5 cm³/mol. The molecule has 0 aliphatic carbocycles. The van der Waals surface area contributed by atoms with Crippen molar-refractivity contribution < 1.29 is 19.1 Å². The van der Waals surface area contributed by atoms with Gasteiger partial charge in [0.1, 0.15) is 12.3 Å². The van der Waals surface area contributed by atoms with Crippen LogP contribution in [0.1, 0.15) is 15.9 Å². The summed E-state index contributed by atoms with van der Waals surface area (Å²) in [6.45, 7) is 1.98. The van der Waals surface area contributed by atoms with Crippen LogP contribution in [0.4, 0.5) is 0 Å². The van der Waals surface area contributed by atoms with Gasteiger partial charge in [-0.1, -0.05) is 23.5 Å². The number of benzene rings is 2. The number of carbonyl (C=O) groups is 2. The number of esters is 1. The minimum Gasteiger partial charge on any atom is -0.497 e. The highest BCUT2D eigenvalue weighted by Crippen LogP contribution is 2.19. The highest BCUT2D eigenvalue weighted by Gasteiger charge is 2.13. The van der Waals surface area contributed by atoms with Crippen LogP contribution >= 0.6 is 11.3 Å². The fourth-order valence-electron chi connectivity index (χ4n) is 2.52. The predicted octanol–water partition coefficient (Wildman–Crippen LogP) is 2.93. The molecule has 0 radical (unpaired) electrons. The van der Waals surface area contributed by atoms with E-state index in [9.17, 15) is 9.59 Å². The molecule has 2 aromatic carbocycles. The van der Waals surface area contributed by atoms with Crippen molar-refractivity contribution in [2.75, 3.05) is 14.2 Å². The molecule has 0 bridgehead atoms. The van der Waals surface area contributed by atoms with Crippen molar-refractivity contribution in [1.82, 2.24) is 4.57 Å². The van der Waals surface area contributed by atoms with Crippen molar-refractivity contribution in [1.29, 1.82) is 0 Å². The lowest BCUT2D eigenvalue weighted by molar-refractivity contribution is -0.141. The zero-order valence-electron chi connectivity index (χ0n) is 14.7. The van der Waals surface area contributed by atoms with Crippen molar-refractivity contribution in [2.24, 2.45) is 4.99 Å². The third kappa shape index (κ3) is 3.67. The van der Waals surface area contributed by atoms with Crippen LogP contribution in [0.2, 0.25) is 0 Å². The van der Waals surface area contributed by atoms with Gasteiger partial charge < -0.3 is 14.0 Å². The number of aromatic nitrogens is 1. The van der Waals surface area contributed by atoms with E-state index in [-0.39, 0.29) is 6.54 Å². The van der Waals surface area contributed by atoms with Gasteiger partial charge in [0.05, 0.1) is 24.4 Å². The zero-order valence-corrected chi connectivity index (χ0v) is 15.5. The van der Waals surface area contributed by atoms with Crippen LogP contribution in [-0.4, -0.2) is 30.7 Å². The summed E-state index contributed by atoms with van der Waals surface area (Å²) in [5, 5.41) is 0. The molecular formula is C19H18N2O4S. The van der Waals surface area contributed by atoms with Crippen LogP contribution in [0.5, 0.6) is 5.75 Å². The minimum atomic E-state index is -0.402. The SMILES string of the molecule is COC(=O)Cn1c(=NC(=O)c2cccc(OC)c2)sc2cc(C)ccc21. The van der Waals surface area contributed by atoms with E-state index in [1.165, 1.54) is 18.4 Å². The second-order valence-corrected chi connectivity index (χ2v) is 6.68. The highest BCUT2D eigenvalue weighted by atomic mass is 32.1. The van der Waals surface area contributed by atoms with E-state index >= 15 is 0 Å². The van der Waals surface area contributed by atoms with Gasteiger partial charge in [-0.2, -0.15) is 4.99 Å². The quantitative estimate of drug-likeness (QED) is 0.662. The molecule has 7 heteroatoms. The summed E-state index contributed by atoms with van der Waals surface area (Å²) in [6, 6.07) is 12.7. The lowest BCUT2D eigenvalue weighted by Crippen LogP contribution is -2.22. The van der Waals surface area contributed by atoms with E-state index in [1.807, 2.05) is 25.1 Å². The Labute approximate surface area is 154 Å². The first-order valence-corrected chi connectivity index (χ1v) is 8.73. The molecule has 3 rings (SSSR count). The molecule has 1 heterocycles. The Bertz CT molecular complexity index is 1050. The summed E-state index contributed by atoms with van der Waals surface area (Å²) in [4.78, 5) is 29.1. The van der Waals surface area contributed by atoms with Crippen LogP contribution in [0.25, 0.3) is 10.2 Å². The lowest BCUT2D eigenvalue weighted by Gasteiger charge is -2.04. The monoisotopic (exact) mass is 370 g/mol. The molecule has 1 aromatic heterocycles. The minimum absolute atomic E-state index is 0.0101. The summed E-state index contributed by atoms with van der Waals surface area (Å²) in [5.41, 5.74) is 2.35. The number of nitrogens with zero attached hydrogens (tertiary/aromatic N) is 2. The maximum absolute atomic E-state index is 12.6. The number of hydrogen-bond donors (Lipinski definition) is 0. The summed E-state index contributed by atoms with van der Waals surface area (Å²) >= 11 is 1.36. The maximum Gasteiger partial charge on any atom is 0.325 e. The Morgan fingerprint density at radius 1 is 1.15 bits per heavy atom. The second kappa shape index (κ2) is 7.53. The van der Waals surface area contributed by atoms with Crippen LogP contribution in [0.3, 0.4) is 0 Å². The first kappa shape index (κ1) is 17.9. The Hall–Kier alpha value is -2.93. The number of carbonyl (C=O) groups excluding carboxylic acids is 2. The van der Waals surface area contributed by atoms with Gasteiger partial charge in [0.15, 0.2) is 4.80 Å². The molecule has 0 aliphatic heterocycles. The first-order chi connectivity index (χ1) is 12.5. The Balaban J connectivity index is 2.12. The average molecular weight is 370 g/mol. The van der Waals surface area contributed by atoms with Crippen molar-refractivity contribution in [3.8, 4) is 5.75 Å². The van der Waals surface area contributed by atoms with E-state index in [2.05, 4.69) is 4.99 Å². The Morgan fingerprint density at radius 3 is 2.69 bits per heavy atom. The molecule has 3 aromatic rings. The van der Waals surface area contributed by atoms with Crippen molar-refractivity contribution in [2.45, 2.75) is 13.5 Å². The van der Waals surface area contributed by atoms with Gasteiger partial charge in [-0.15, -0.1) is 0 Å². The average Bonchev–Trinajstić information content (AvgIpc) is 2.97. The third-order valence-corrected chi connectivity index (χ3v) is 4.91. The molecule has 1 amide bonds. The van der Waals surface area contributed by atoms with Crippen molar-refractivity contribution in [3.05, 3.63) is 58.4 Å². The van der Waals surface area contributed by atoms with Crippen molar-refractivity contribution in [3.63, 3.8) is 0 Å². The van der Waals surface area contributed by atoms with E-state index in [0.29, 0.717) is 16.1 Å². The number of methoxy groups -OCH3 is 2. The van der Waals surface area contributed by atoms with Crippen LogP contribution in [-0.2, 0) is 16.1 Å². The molecule has 134 valence electrons. The van der Waals surface area contributed by atoms with E-state index < -0.39 is 11.9 Å². The van der Waals surface area contributed by atoms with Gasteiger partial charge in [-0.3, -0.25) is 9.59 Å². The number of amides is 1. The Morgan fingerprint density at radius 2 is 1.96 bits per heavy atom. The van der Waals surface area contributed by atoms with E-state index in [0.717, 1.165) is 15.8 Å². The second-order valence-electron chi connectivity index (χ2n) is 5.67. The summed E-state index contributed by atoms with van der Waals surface area (Å²) in [7, 11) is 2.87. The highest BCUT2D eigenvalue weighted by molar-refractivity contribution is 7.16. The molecule has 0 saturated carbocycles. The molecule has 0 aliphatic rings. The molecule has 0 saturated heterocycles. The molecule has 0 atom stereocenters. The smallest absolute Gasteiger partial charge is 0.325 e. The number of thiazole rings is 1. The molecule has 6 nitrogen and oxygen atoms in total. The number of fused-ring (bicyclic) bond motifs is 1. The molecular weight excluding hydrogens is 352 g/mol. The molecule has 0 N–H and O–H groups in total. The van der Waals surface area contributed by atoms with Crippen LogP contribution < -0.4 is 9.54 Å². The summed E-state index contributed by atoms with van der Waals surface area (Å²) in [5.74, 6) is -0.216. The summed E-state index contributed by atoms with van der Waals surface area (Å²) < 4.78 is 12.6. The number of ether oxygens (including phenoxy) is 2. The Kier molecular flexibility index (Phi) is 5.18. The van der Waals surface area contributed by atoms with E-state index in [1.54, 1.807) is 35.9 Å². The molecule has 0 fully saturated rings. The molecule has 0 unspecified atom stereocenters. The fraction of sp³-hybridized carbons (Fsp3) is 0.211. The first-order valence-electron chi connectivity index (χ1n) is 7.91. The molecule has 26 heavy (non-hydrogen) atoms.